The lowest BCUT2D eigenvalue weighted by Crippen LogP contribution is -1.74. The molecule has 0 spiro atoms. The number of thiol groups is 3. The predicted molar refractivity (Wildman–Crippen MR) is 88.8 cm³/mol. The lowest BCUT2D eigenvalue weighted by molar-refractivity contribution is -0.111. The number of hydrogen-bond acceptors (Lipinski definition) is 3. The average Bonchev–Trinajstić information content (AvgIpc) is 2.31. The lowest BCUT2D eigenvalue weighted by Gasteiger charge is -1.70. The summed E-state index contributed by atoms with van der Waals surface area (Å²) in [5.41, 5.74) is 0. The molecule has 110 valence electrons. The molecule has 0 radical (unpaired) electrons. The van der Waals surface area contributed by atoms with E-state index in [-0.39, 0.29) is 15.3 Å². The van der Waals surface area contributed by atoms with Crippen LogP contribution in [0.3, 0.4) is 0 Å². The zero-order chi connectivity index (χ0) is 15.6. The van der Waals surface area contributed by atoms with Crippen LogP contribution in [0, 0.1) is 0 Å². The maximum absolute atomic E-state index is 9.68. The third-order valence-electron chi connectivity index (χ3n) is 0.907. The first-order valence-electron chi connectivity index (χ1n) is 5.88. The van der Waals surface area contributed by atoms with Gasteiger partial charge in [-0.05, 0) is 0 Å². The van der Waals surface area contributed by atoms with Crippen molar-refractivity contribution in [1.82, 2.24) is 0 Å². The van der Waals surface area contributed by atoms with Crippen LogP contribution in [-0.4, -0.2) is 15.3 Å². The molecule has 0 aromatic carbocycles. The standard InChI is InChI=1S/3C3H6OS.C3H8/c3*1-2-3(4)5;1-3-2/h3*2H2,1H3,(H,4,5);3H2,1-2H3. The second-order valence-electron chi connectivity index (χ2n) is 2.95. The highest BCUT2D eigenvalue weighted by atomic mass is 32.1. The molecule has 0 bridgehead atoms. The van der Waals surface area contributed by atoms with E-state index < -0.39 is 0 Å². The molecule has 0 unspecified atom stereocenters. The minimum absolute atomic E-state index is 0.0509. The summed E-state index contributed by atoms with van der Waals surface area (Å²) in [4.78, 5) is 29.0. The van der Waals surface area contributed by atoms with E-state index in [4.69, 9.17) is 0 Å². The SMILES string of the molecule is CCC.CCC(=O)S.CCC(=O)S.CCC(=O)S. The van der Waals surface area contributed by atoms with E-state index in [0.717, 1.165) is 0 Å². The molecule has 0 aromatic rings. The normalized spacial score (nSPS) is 7.33. The van der Waals surface area contributed by atoms with Crippen molar-refractivity contribution < 1.29 is 14.4 Å². The molecule has 0 fully saturated rings. The van der Waals surface area contributed by atoms with Crippen molar-refractivity contribution in [3.8, 4) is 0 Å². The van der Waals surface area contributed by atoms with Gasteiger partial charge in [-0.15, -0.1) is 37.9 Å². The smallest absolute Gasteiger partial charge is 0.185 e. The first-order chi connectivity index (χ1) is 8.22. The molecule has 0 aliphatic carbocycles. The molecule has 6 heteroatoms. The zero-order valence-corrected chi connectivity index (χ0v) is 14.6. The second kappa shape index (κ2) is 25.8. The Hall–Kier alpha value is 0.0600. The summed E-state index contributed by atoms with van der Waals surface area (Å²) in [6, 6.07) is 0. The molecular formula is C12H26O3S3. The molecular weight excluding hydrogens is 288 g/mol. The van der Waals surface area contributed by atoms with Gasteiger partial charge in [0.2, 0.25) is 0 Å². The Kier molecular flexibility index (Phi) is 38.1. The topological polar surface area (TPSA) is 51.2 Å². The second-order valence-corrected chi connectivity index (χ2v) is 4.45. The molecule has 0 saturated carbocycles. The quantitative estimate of drug-likeness (QED) is 0.691. The molecule has 3 nitrogen and oxygen atoms in total. The Morgan fingerprint density at radius 2 is 0.667 bits per heavy atom. The Morgan fingerprint density at radius 3 is 0.667 bits per heavy atom. The van der Waals surface area contributed by atoms with Crippen LogP contribution < -0.4 is 0 Å². The molecule has 18 heavy (non-hydrogen) atoms. The fourth-order valence-electron chi connectivity index (χ4n) is 0. The van der Waals surface area contributed by atoms with Crippen molar-refractivity contribution >= 4 is 53.2 Å². The summed E-state index contributed by atoms with van der Waals surface area (Å²) in [7, 11) is 0. The highest BCUT2D eigenvalue weighted by Gasteiger charge is 1.79. The minimum Gasteiger partial charge on any atom is -0.288 e. The minimum atomic E-state index is -0.0509. The third kappa shape index (κ3) is 99.2. The summed E-state index contributed by atoms with van der Waals surface area (Å²) < 4.78 is 0. The average molecular weight is 315 g/mol. The maximum atomic E-state index is 9.68. The van der Waals surface area contributed by atoms with Crippen molar-refractivity contribution in [2.24, 2.45) is 0 Å². The van der Waals surface area contributed by atoms with Gasteiger partial charge >= 0.3 is 0 Å². The Balaban J connectivity index is -0.0000000739. The monoisotopic (exact) mass is 314 g/mol. The summed E-state index contributed by atoms with van der Waals surface area (Å²) in [5.74, 6) is 0. The van der Waals surface area contributed by atoms with E-state index in [1.807, 2.05) is 0 Å². The van der Waals surface area contributed by atoms with Gasteiger partial charge in [0.1, 0.15) is 0 Å². The van der Waals surface area contributed by atoms with Crippen LogP contribution >= 0.6 is 37.9 Å². The molecule has 0 atom stereocenters. The van der Waals surface area contributed by atoms with E-state index in [1.165, 1.54) is 6.42 Å². The van der Waals surface area contributed by atoms with E-state index >= 15 is 0 Å². The van der Waals surface area contributed by atoms with Gasteiger partial charge in [-0.2, -0.15) is 0 Å². The van der Waals surface area contributed by atoms with Crippen molar-refractivity contribution in [2.45, 2.75) is 60.3 Å². The van der Waals surface area contributed by atoms with E-state index in [0.29, 0.717) is 19.3 Å². The maximum Gasteiger partial charge on any atom is 0.185 e. The van der Waals surface area contributed by atoms with Gasteiger partial charge in [-0.3, -0.25) is 14.4 Å². The van der Waals surface area contributed by atoms with Crippen LogP contribution in [0.2, 0.25) is 0 Å². The number of carbonyl (C=O) groups is 3. The fourth-order valence-corrected chi connectivity index (χ4v) is 0. The Morgan fingerprint density at radius 1 is 0.611 bits per heavy atom. The Labute approximate surface area is 128 Å². The van der Waals surface area contributed by atoms with Gasteiger partial charge in [0.05, 0.1) is 0 Å². The van der Waals surface area contributed by atoms with Crippen LogP contribution in [-0.2, 0) is 14.4 Å². The molecule has 0 amide bonds. The highest BCUT2D eigenvalue weighted by Crippen LogP contribution is 1.81. The van der Waals surface area contributed by atoms with Gasteiger partial charge in [-0.1, -0.05) is 41.0 Å². The van der Waals surface area contributed by atoms with E-state index in [9.17, 15) is 14.4 Å². The van der Waals surface area contributed by atoms with Crippen LogP contribution in [0.1, 0.15) is 60.3 Å². The molecule has 0 N–H and O–H groups in total. The third-order valence-corrected chi connectivity index (χ3v) is 1.86. The van der Waals surface area contributed by atoms with E-state index in [1.54, 1.807) is 20.8 Å². The largest absolute Gasteiger partial charge is 0.288 e. The molecule has 0 rings (SSSR count). The molecule has 0 aliphatic heterocycles. The summed E-state index contributed by atoms with van der Waals surface area (Å²) >= 11 is 10.4. The van der Waals surface area contributed by atoms with Gasteiger partial charge in [0.15, 0.2) is 15.3 Å². The van der Waals surface area contributed by atoms with Crippen LogP contribution in [0.25, 0.3) is 0 Å². The Bertz CT molecular complexity index is 173. The van der Waals surface area contributed by atoms with Crippen molar-refractivity contribution in [3.63, 3.8) is 0 Å². The first kappa shape index (κ1) is 26.6. The number of carbonyl (C=O) groups excluding carboxylic acids is 3. The molecule has 0 aromatic heterocycles. The lowest BCUT2D eigenvalue weighted by atomic mass is 10.6. The van der Waals surface area contributed by atoms with Gasteiger partial charge < -0.3 is 0 Å². The summed E-state index contributed by atoms with van der Waals surface area (Å²) in [6.07, 6.45) is 2.84. The van der Waals surface area contributed by atoms with Crippen molar-refractivity contribution in [3.05, 3.63) is 0 Å². The van der Waals surface area contributed by atoms with E-state index in [2.05, 4.69) is 51.7 Å². The molecule has 0 heterocycles. The summed E-state index contributed by atoms with van der Waals surface area (Å²) in [6.45, 7) is 9.57. The van der Waals surface area contributed by atoms with Crippen LogP contribution in [0.5, 0.6) is 0 Å². The zero-order valence-electron chi connectivity index (χ0n) is 11.9. The van der Waals surface area contributed by atoms with Crippen molar-refractivity contribution in [1.29, 1.82) is 0 Å². The van der Waals surface area contributed by atoms with Gasteiger partial charge in [0, 0.05) is 19.3 Å². The van der Waals surface area contributed by atoms with Gasteiger partial charge in [-0.25, -0.2) is 0 Å². The van der Waals surface area contributed by atoms with Crippen molar-refractivity contribution in [2.75, 3.05) is 0 Å². The molecule has 0 aliphatic rings. The number of hydrogen-bond donors (Lipinski definition) is 3. The van der Waals surface area contributed by atoms with Gasteiger partial charge in [0.25, 0.3) is 0 Å². The predicted octanol–water partition coefficient (Wildman–Crippen LogP) is 3.97. The highest BCUT2D eigenvalue weighted by molar-refractivity contribution is 7.97. The number of rotatable bonds is 3. The molecule has 0 saturated heterocycles. The van der Waals surface area contributed by atoms with Crippen LogP contribution in [0.4, 0.5) is 0 Å². The first-order valence-corrected chi connectivity index (χ1v) is 7.22. The van der Waals surface area contributed by atoms with Crippen LogP contribution in [0.15, 0.2) is 0 Å². The fraction of sp³-hybridized carbons (Fsp3) is 0.750. The summed E-state index contributed by atoms with van der Waals surface area (Å²) in [5, 5.41) is -0.153.